The summed E-state index contributed by atoms with van der Waals surface area (Å²) in [6, 6.07) is 0. The van der Waals surface area contributed by atoms with Gasteiger partial charge in [-0.15, -0.1) is 0 Å². The molecule has 0 bridgehead atoms. The topological polar surface area (TPSA) is 30.5 Å². The van der Waals surface area contributed by atoms with E-state index in [0.717, 1.165) is 18.4 Å². The van der Waals surface area contributed by atoms with Crippen molar-refractivity contribution >= 4 is 0 Å². The minimum absolute atomic E-state index is 0.930. The lowest BCUT2D eigenvalue weighted by molar-refractivity contribution is 0.297. The van der Waals surface area contributed by atoms with E-state index in [4.69, 9.17) is 0 Å². The van der Waals surface area contributed by atoms with E-state index < -0.39 is 0 Å². The van der Waals surface area contributed by atoms with Crippen LogP contribution in [0.15, 0.2) is 0 Å². The van der Waals surface area contributed by atoms with Crippen LogP contribution in [0.1, 0.15) is 40.0 Å². The maximum atomic E-state index is 3.64. The molecule has 0 saturated heterocycles. The molecule has 0 aromatic carbocycles. The van der Waals surface area contributed by atoms with Crippen LogP contribution >= 0.6 is 0 Å². The molecule has 4 heteroatoms. The molecule has 1 fully saturated rings. The van der Waals surface area contributed by atoms with Crippen LogP contribution in [0.5, 0.6) is 0 Å². The van der Waals surface area contributed by atoms with Gasteiger partial charge in [-0.25, -0.2) is 0 Å². The molecule has 1 aliphatic rings. The Morgan fingerprint density at radius 1 is 0.818 bits per heavy atom. The summed E-state index contributed by atoms with van der Waals surface area (Å²) in [5.41, 5.74) is 0. The van der Waals surface area contributed by atoms with Gasteiger partial charge in [0.05, 0.1) is 0 Å². The van der Waals surface area contributed by atoms with Gasteiger partial charge in [0.15, 0.2) is 0 Å². The van der Waals surface area contributed by atoms with Crippen LogP contribution in [0.3, 0.4) is 0 Å². The van der Waals surface area contributed by atoms with Crippen LogP contribution < -0.4 is 10.6 Å². The van der Waals surface area contributed by atoms with E-state index in [1.807, 2.05) is 0 Å². The molecule has 1 saturated carbocycles. The van der Waals surface area contributed by atoms with Gasteiger partial charge in [0.25, 0.3) is 0 Å². The van der Waals surface area contributed by atoms with Gasteiger partial charge in [0.2, 0.25) is 0 Å². The van der Waals surface area contributed by atoms with Gasteiger partial charge >= 0.3 is 0 Å². The van der Waals surface area contributed by atoms with Gasteiger partial charge in [-0.05, 0) is 97.0 Å². The second kappa shape index (κ2) is 12.3. The van der Waals surface area contributed by atoms with Gasteiger partial charge in [-0.2, -0.15) is 0 Å². The minimum atomic E-state index is 0.930. The average Bonchev–Trinajstić information content (AvgIpc) is 3.28. The smallest absolute Gasteiger partial charge is 0.000687 e. The zero-order chi connectivity index (χ0) is 16.2. The zero-order valence-corrected chi connectivity index (χ0v) is 15.5. The van der Waals surface area contributed by atoms with Gasteiger partial charge in [0, 0.05) is 0 Å². The molecule has 0 radical (unpaired) electrons. The number of hydrogen-bond acceptors (Lipinski definition) is 4. The lowest BCUT2D eigenvalue weighted by atomic mass is 10.3. The summed E-state index contributed by atoms with van der Waals surface area (Å²) in [5, 5.41) is 7.27. The van der Waals surface area contributed by atoms with Crippen LogP contribution in [-0.2, 0) is 0 Å². The van der Waals surface area contributed by atoms with Crippen molar-refractivity contribution in [3.63, 3.8) is 0 Å². The van der Waals surface area contributed by atoms with Crippen LogP contribution in [-0.4, -0.2) is 75.8 Å². The standard InChI is InChI=1S/C18H40N4/c1-5-21(4)12-8-10-19-15-17-14-18(17)16-20-11-9-13-22(6-2)7-3/h17-20H,5-16H2,1-4H3. The van der Waals surface area contributed by atoms with E-state index in [1.165, 1.54) is 71.6 Å². The number of rotatable bonds is 15. The Morgan fingerprint density at radius 3 is 1.86 bits per heavy atom. The van der Waals surface area contributed by atoms with Crippen molar-refractivity contribution in [3.8, 4) is 0 Å². The molecule has 2 unspecified atom stereocenters. The Morgan fingerprint density at radius 2 is 1.36 bits per heavy atom. The summed E-state index contributed by atoms with van der Waals surface area (Å²) in [6.45, 7) is 17.5. The molecule has 1 rings (SSSR count). The monoisotopic (exact) mass is 312 g/mol. The molecule has 4 nitrogen and oxygen atoms in total. The number of hydrogen-bond donors (Lipinski definition) is 2. The van der Waals surface area contributed by atoms with E-state index >= 15 is 0 Å². The third-order valence-electron chi connectivity index (χ3n) is 5.04. The third-order valence-corrected chi connectivity index (χ3v) is 5.04. The summed E-state index contributed by atoms with van der Waals surface area (Å²) in [5.74, 6) is 1.86. The molecule has 2 atom stereocenters. The van der Waals surface area contributed by atoms with E-state index in [-0.39, 0.29) is 0 Å². The van der Waals surface area contributed by atoms with Gasteiger partial charge in [-0.1, -0.05) is 20.8 Å². The highest BCUT2D eigenvalue weighted by molar-refractivity contribution is 4.89. The Labute approximate surface area is 139 Å². The van der Waals surface area contributed by atoms with Crippen molar-refractivity contribution in [2.45, 2.75) is 40.0 Å². The first-order valence-electron chi connectivity index (χ1n) is 9.53. The van der Waals surface area contributed by atoms with Crippen molar-refractivity contribution in [1.29, 1.82) is 0 Å². The SMILES string of the molecule is CCN(C)CCCNCC1CC1CNCCCN(CC)CC. The average molecular weight is 313 g/mol. The lowest BCUT2D eigenvalue weighted by Gasteiger charge is -2.17. The molecule has 22 heavy (non-hydrogen) atoms. The van der Waals surface area contributed by atoms with E-state index in [1.54, 1.807) is 0 Å². The van der Waals surface area contributed by atoms with Crippen LogP contribution in [0, 0.1) is 11.8 Å². The summed E-state index contributed by atoms with van der Waals surface area (Å²) in [7, 11) is 2.20. The summed E-state index contributed by atoms with van der Waals surface area (Å²) >= 11 is 0. The largest absolute Gasteiger partial charge is 0.316 e. The Balaban J connectivity index is 1.84. The molecule has 132 valence electrons. The molecular weight excluding hydrogens is 272 g/mol. The van der Waals surface area contributed by atoms with Crippen LogP contribution in [0.2, 0.25) is 0 Å². The third kappa shape index (κ3) is 9.09. The van der Waals surface area contributed by atoms with E-state index in [2.05, 4.69) is 48.3 Å². The van der Waals surface area contributed by atoms with E-state index in [0.29, 0.717) is 0 Å². The highest BCUT2D eigenvalue weighted by atomic mass is 15.1. The highest BCUT2D eigenvalue weighted by Gasteiger charge is 2.35. The molecule has 0 aliphatic heterocycles. The molecule has 0 spiro atoms. The Bertz CT molecular complexity index is 255. The fourth-order valence-electron chi connectivity index (χ4n) is 2.98. The van der Waals surface area contributed by atoms with E-state index in [9.17, 15) is 0 Å². The summed E-state index contributed by atoms with van der Waals surface area (Å²) < 4.78 is 0. The molecule has 0 aromatic rings. The second-order valence-corrected chi connectivity index (χ2v) is 6.79. The van der Waals surface area contributed by atoms with Crippen molar-refractivity contribution in [1.82, 2.24) is 20.4 Å². The van der Waals surface area contributed by atoms with Crippen molar-refractivity contribution in [3.05, 3.63) is 0 Å². The maximum absolute atomic E-state index is 3.64. The molecule has 0 amide bonds. The van der Waals surface area contributed by atoms with Gasteiger partial charge < -0.3 is 20.4 Å². The molecule has 0 aromatic heterocycles. The van der Waals surface area contributed by atoms with Crippen LogP contribution in [0.4, 0.5) is 0 Å². The minimum Gasteiger partial charge on any atom is -0.316 e. The fraction of sp³-hybridized carbons (Fsp3) is 1.00. The van der Waals surface area contributed by atoms with Crippen LogP contribution in [0.25, 0.3) is 0 Å². The van der Waals surface area contributed by atoms with Crippen molar-refractivity contribution in [2.75, 3.05) is 66.0 Å². The Hall–Kier alpha value is -0.160. The highest BCUT2D eigenvalue weighted by Crippen LogP contribution is 2.36. The zero-order valence-electron chi connectivity index (χ0n) is 15.5. The number of nitrogens with one attached hydrogen (secondary N) is 2. The predicted octanol–water partition coefficient (Wildman–Crippen LogP) is 1.88. The first-order valence-corrected chi connectivity index (χ1v) is 9.53. The second-order valence-electron chi connectivity index (χ2n) is 6.79. The maximum Gasteiger partial charge on any atom is -0.000687 e. The summed E-state index contributed by atoms with van der Waals surface area (Å²) in [6.07, 6.45) is 3.97. The number of nitrogens with zero attached hydrogens (tertiary/aromatic N) is 2. The fourth-order valence-corrected chi connectivity index (χ4v) is 2.98. The normalized spacial score (nSPS) is 21.0. The van der Waals surface area contributed by atoms with Gasteiger partial charge in [0.1, 0.15) is 0 Å². The molecule has 0 heterocycles. The van der Waals surface area contributed by atoms with Crippen molar-refractivity contribution < 1.29 is 0 Å². The predicted molar refractivity (Wildman–Crippen MR) is 97.5 cm³/mol. The Kier molecular flexibility index (Phi) is 11.1. The first-order chi connectivity index (χ1) is 10.7. The van der Waals surface area contributed by atoms with Gasteiger partial charge in [-0.3, -0.25) is 0 Å². The quantitative estimate of drug-likeness (QED) is 0.452. The summed E-state index contributed by atoms with van der Waals surface area (Å²) in [4.78, 5) is 4.88. The lowest BCUT2D eigenvalue weighted by Crippen LogP contribution is -2.28. The molecular formula is C18H40N4. The molecule has 1 aliphatic carbocycles. The first kappa shape index (κ1) is 19.9. The molecule has 2 N–H and O–H groups in total. The van der Waals surface area contributed by atoms with Crippen molar-refractivity contribution in [2.24, 2.45) is 11.8 Å².